The first-order chi connectivity index (χ1) is 13.0. The van der Waals surface area contributed by atoms with Crippen LogP contribution in [0.25, 0.3) is 11.4 Å². The average Bonchev–Trinajstić information content (AvgIpc) is 3.03. The summed E-state index contributed by atoms with van der Waals surface area (Å²) < 4.78 is 7.22. The summed E-state index contributed by atoms with van der Waals surface area (Å²) in [5, 5.41) is 11.8. The summed E-state index contributed by atoms with van der Waals surface area (Å²) in [6, 6.07) is 15.5. The van der Waals surface area contributed by atoms with Crippen LogP contribution >= 0.6 is 11.8 Å². The van der Waals surface area contributed by atoms with Crippen LogP contribution in [0.4, 0.5) is 5.69 Å². The van der Waals surface area contributed by atoms with Crippen LogP contribution in [0, 0.1) is 6.92 Å². The highest BCUT2D eigenvalue weighted by atomic mass is 32.2. The zero-order valence-corrected chi connectivity index (χ0v) is 16.6. The fraction of sp³-hybridized carbons (Fsp3) is 0.250. The molecular weight excluding hydrogens is 360 g/mol. The summed E-state index contributed by atoms with van der Waals surface area (Å²) >= 11 is 1.37. The number of hydrogen-bond acceptors (Lipinski definition) is 5. The minimum atomic E-state index is -0.346. The molecule has 6 nitrogen and oxygen atoms in total. The summed E-state index contributed by atoms with van der Waals surface area (Å²) in [6.45, 7) is 3.82. The molecule has 1 atom stereocenters. The highest BCUT2D eigenvalue weighted by Gasteiger charge is 2.20. The summed E-state index contributed by atoms with van der Waals surface area (Å²) in [5.41, 5.74) is 2.70. The molecule has 140 valence electrons. The molecule has 1 heterocycles. The van der Waals surface area contributed by atoms with Crippen molar-refractivity contribution in [3.8, 4) is 17.1 Å². The molecule has 0 aliphatic carbocycles. The number of aryl methyl sites for hydroxylation is 1. The number of hydrogen-bond donors (Lipinski definition) is 1. The van der Waals surface area contributed by atoms with Gasteiger partial charge in [0.2, 0.25) is 5.91 Å². The zero-order valence-electron chi connectivity index (χ0n) is 15.8. The Hall–Kier alpha value is -2.80. The smallest absolute Gasteiger partial charge is 0.237 e. The second kappa shape index (κ2) is 8.26. The highest BCUT2D eigenvalue weighted by Crippen LogP contribution is 2.29. The molecule has 1 unspecified atom stereocenters. The van der Waals surface area contributed by atoms with Gasteiger partial charge in [0.1, 0.15) is 5.75 Å². The third kappa shape index (κ3) is 4.31. The summed E-state index contributed by atoms with van der Waals surface area (Å²) in [7, 11) is 3.49. The van der Waals surface area contributed by atoms with Crippen molar-refractivity contribution in [1.29, 1.82) is 0 Å². The molecule has 1 amide bonds. The Morgan fingerprint density at radius 2 is 1.93 bits per heavy atom. The number of benzene rings is 2. The van der Waals surface area contributed by atoms with E-state index in [0.29, 0.717) is 16.6 Å². The number of carbonyl (C=O) groups is 1. The minimum absolute atomic E-state index is 0.117. The van der Waals surface area contributed by atoms with E-state index in [-0.39, 0.29) is 11.2 Å². The minimum Gasteiger partial charge on any atom is -0.495 e. The van der Waals surface area contributed by atoms with Crippen molar-refractivity contribution in [2.24, 2.45) is 7.05 Å². The lowest BCUT2D eigenvalue weighted by Crippen LogP contribution is -2.23. The van der Waals surface area contributed by atoms with E-state index < -0.39 is 0 Å². The molecule has 1 aromatic heterocycles. The molecule has 3 rings (SSSR count). The lowest BCUT2D eigenvalue weighted by Gasteiger charge is -2.14. The van der Waals surface area contributed by atoms with E-state index in [1.54, 1.807) is 7.11 Å². The fourth-order valence-electron chi connectivity index (χ4n) is 2.62. The molecule has 2 aromatic carbocycles. The number of aromatic nitrogens is 3. The predicted octanol–water partition coefficient (Wildman–Crippen LogP) is 3.92. The number of anilines is 1. The van der Waals surface area contributed by atoms with Gasteiger partial charge in [-0.15, -0.1) is 10.2 Å². The highest BCUT2D eigenvalue weighted by molar-refractivity contribution is 8.00. The Balaban J connectivity index is 1.72. The van der Waals surface area contributed by atoms with Crippen LogP contribution in [0.5, 0.6) is 5.75 Å². The molecule has 0 aliphatic rings. The Morgan fingerprint density at radius 3 is 2.63 bits per heavy atom. The molecular formula is C20H22N4O2S. The van der Waals surface area contributed by atoms with Gasteiger partial charge in [-0.3, -0.25) is 4.79 Å². The second-order valence-electron chi connectivity index (χ2n) is 6.18. The van der Waals surface area contributed by atoms with Gasteiger partial charge in [0, 0.05) is 12.6 Å². The maximum absolute atomic E-state index is 12.6. The fourth-order valence-corrected chi connectivity index (χ4v) is 3.44. The van der Waals surface area contributed by atoms with Crippen molar-refractivity contribution in [3.05, 3.63) is 54.1 Å². The van der Waals surface area contributed by atoms with E-state index in [1.165, 1.54) is 11.8 Å². The molecule has 1 N–H and O–H groups in total. The number of amides is 1. The van der Waals surface area contributed by atoms with E-state index in [2.05, 4.69) is 15.5 Å². The van der Waals surface area contributed by atoms with Crippen LogP contribution in [-0.4, -0.2) is 33.0 Å². The zero-order chi connectivity index (χ0) is 19.4. The molecule has 27 heavy (non-hydrogen) atoms. The lowest BCUT2D eigenvalue weighted by atomic mass is 10.2. The Kier molecular flexibility index (Phi) is 5.81. The van der Waals surface area contributed by atoms with Crippen molar-refractivity contribution in [2.75, 3.05) is 12.4 Å². The van der Waals surface area contributed by atoms with Gasteiger partial charge in [0.05, 0.1) is 18.0 Å². The third-order valence-electron chi connectivity index (χ3n) is 4.13. The Morgan fingerprint density at radius 1 is 1.19 bits per heavy atom. The van der Waals surface area contributed by atoms with Gasteiger partial charge >= 0.3 is 0 Å². The first-order valence-corrected chi connectivity index (χ1v) is 9.44. The Bertz CT molecular complexity index is 940. The maximum Gasteiger partial charge on any atom is 0.237 e. The van der Waals surface area contributed by atoms with Crippen molar-refractivity contribution >= 4 is 23.4 Å². The Labute approximate surface area is 163 Å². The first kappa shape index (κ1) is 19.0. The van der Waals surface area contributed by atoms with Gasteiger partial charge in [0.15, 0.2) is 11.0 Å². The largest absolute Gasteiger partial charge is 0.495 e. The monoisotopic (exact) mass is 382 g/mol. The van der Waals surface area contributed by atoms with Gasteiger partial charge < -0.3 is 14.6 Å². The summed E-state index contributed by atoms with van der Waals surface area (Å²) in [5.74, 6) is 1.29. The predicted molar refractivity (Wildman–Crippen MR) is 108 cm³/mol. The number of methoxy groups -OCH3 is 1. The van der Waals surface area contributed by atoms with Crippen LogP contribution in [-0.2, 0) is 11.8 Å². The van der Waals surface area contributed by atoms with Crippen molar-refractivity contribution < 1.29 is 9.53 Å². The van der Waals surface area contributed by atoms with E-state index in [0.717, 1.165) is 17.0 Å². The molecule has 7 heteroatoms. The summed E-state index contributed by atoms with van der Waals surface area (Å²) in [6.07, 6.45) is 0. The standard InChI is InChI=1S/C20H22N4O2S/c1-13-10-11-17(26-4)16(12-13)21-19(25)14(2)27-20-23-22-18(24(20)3)15-8-6-5-7-9-15/h5-12,14H,1-4H3,(H,21,25). The SMILES string of the molecule is COc1ccc(C)cc1NC(=O)C(C)Sc1nnc(-c2ccccc2)n1C. The van der Waals surface area contributed by atoms with Gasteiger partial charge in [0.25, 0.3) is 0 Å². The molecule has 3 aromatic rings. The van der Waals surface area contributed by atoms with Crippen LogP contribution < -0.4 is 10.1 Å². The van der Waals surface area contributed by atoms with Crippen LogP contribution in [0.1, 0.15) is 12.5 Å². The van der Waals surface area contributed by atoms with Crippen LogP contribution in [0.3, 0.4) is 0 Å². The van der Waals surface area contributed by atoms with Gasteiger partial charge in [-0.25, -0.2) is 0 Å². The van der Waals surface area contributed by atoms with Gasteiger partial charge in [-0.2, -0.15) is 0 Å². The first-order valence-electron chi connectivity index (χ1n) is 8.56. The molecule has 0 spiro atoms. The normalized spacial score (nSPS) is 11.9. The quantitative estimate of drug-likeness (QED) is 0.655. The van der Waals surface area contributed by atoms with Crippen molar-refractivity contribution in [1.82, 2.24) is 14.8 Å². The van der Waals surface area contributed by atoms with Gasteiger partial charge in [-0.05, 0) is 31.5 Å². The van der Waals surface area contributed by atoms with Gasteiger partial charge in [-0.1, -0.05) is 48.2 Å². The molecule has 0 aliphatic heterocycles. The van der Waals surface area contributed by atoms with E-state index in [1.807, 2.05) is 74.0 Å². The van der Waals surface area contributed by atoms with Crippen LogP contribution in [0.15, 0.2) is 53.7 Å². The number of nitrogens with zero attached hydrogens (tertiary/aromatic N) is 3. The number of carbonyl (C=O) groups excluding carboxylic acids is 1. The topological polar surface area (TPSA) is 69.0 Å². The van der Waals surface area contributed by atoms with E-state index in [9.17, 15) is 4.79 Å². The molecule has 0 bridgehead atoms. The van der Waals surface area contributed by atoms with Crippen molar-refractivity contribution in [3.63, 3.8) is 0 Å². The third-order valence-corrected chi connectivity index (χ3v) is 5.27. The van der Waals surface area contributed by atoms with Crippen LogP contribution in [0.2, 0.25) is 0 Å². The number of thioether (sulfide) groups is 1. The summed E-state index contributed by atoms with van der Waals surface area (Å²) in [4.78, 5) is 12.6. The molecule has 0 saturated heterocycles. The molecule has 0 radical (unpaired) electrons. The number of rotatable bonds is 6. The van der Waals surface area contributed by atoms with Crippen molar-refractivity contribution in [2.45, 2.75) is 24.3 Å². The molecule has 0 fully saturated rings. The second-order valence-corrected chi connectivity index (χ2v) is 7.49. The molecule has 0 saturated carbocycles. The number of ether oxygens (including phenoxy) is 1. The maximum atomic E-state index is 12.6. The lowest BCUT2D eigenvalue weighted by molar-refractivity contribution is -0.115. The average molecular weight is 382 g/mol. The van der Waals surface area contributed by atoms with E-state index in [4.69, 9.17) is 4.74 Å². The van der Waals surface area contributed by atoms with E-state index >= 15 is 0 Å². The number of nitrogens with one attached hydrogen (secondary N) is 1.